The number of nitrogens with zero attached hydrogens (tertiary/aromatic N) is 2. The second-order valence-electron chi connectivity index (χ2n) is 7.80. The molecule has 1 aromatic rings. The highest BCUT2D eigenvalue weighted by Gasteiger charge is 2.44. The highest BCUT2D eigenvalue weighted by Crippen LogP contribution is 2.31. The van der Waals surface area contributed by atoms with Crippen molar-refractivity contribution >= 4 is 5.91 Å². The molecule has 1 amide bonds. The molecule has 27 heavy (non-hydrogen) atoms. The minimum absolute atomic E-state index is 0.0182. The molecule has 1 atom stereocenters. The summed E-state index contributed by atoms with van der Waals surface area (Å²) in [7, 11) is 1.60. The number of benzene rings is 1. The van der Waals surface area contributed by atoms with E-state index in [1.54, 1.807) is 7.11 Å². The van der Waals surface area contributed by atoms with Crippen LogP contribution in [0.5, 0.6) is 5.75 Å². The van der Waals surface area contributed by atoms with Crippen LogP contribution in [0.2, 0.25) is 0 Å². The van der Waals surface area contributed by atoms with Gasteiger partial charge in [-0.05, 0) is 31.4 Å². The number of amides is 1. The summed E-state index contributed by atoms with van der Waals surface area (Å²) in [5, 5.41) is 0. The molecule has 3 aliphatic rings. The van der Waals surface area contributed by atoms with E-state index in [4.69, 9.17) is 14.2 Å². The van der Waals surface area contributed by atoms with Crippen LogP contribution in [0.3, 0.4) is 0 Å². The van der Waals surface area contributed by atoms with E-state index in [1.165, 1.54) is 25.7 Å². The van der Waals surface area contributed by atoms with Crippen molar-refractivity contribution in [3.8, 4) is 5.75 Å². The second-order valence-corrected chi connectivity index (χ2v) is 7.80. The van der Waals surface area contributed by atoms with Gasteiger partial charge >= 0.3 is 0 Å². The number of carbonyl (C=O) groups is 1. The van der Waals surface area contributed by atoms with Gasteiger partial charge in [-0.2, -0.15) is 0 Å². The third-order valence-corrected chi connectivity index (χ3v) is 6.02. The van der Waals surface area contributed by atoms with Crippen LogP contribution in [0, 0.1) is 0 Å². The first-order valence-corrected chi connectivity index (χ1v) is 10.1. The molecule has 0 N–H and O–H groups in total. The van der Waals surface area contributed by atoms with Crippen molar-refractivity contribution in [2.24, 2.45) is 0 Å². The Morgan fingerprint density at radius 1 is 1.07 bits per heavy atom. The highest BCUT2D eigenvalue weighted by atomic mass is 16.7. The monoisotopic (exact) mass is 374 g/mol. The van der Waals surface area contributed by atoms with E-state index in [1.807, 2.05) is 29.2 Å². The van der Waals surface area contributed by atoms with Gasteiger partial charge < -0.3 is 19.1 Å². The van der Waals surface area contributed by atoms with Gasteiger partial charge in [0.1, 0.15) is 5.75 Å². The van der Waals surface area contributed by atoms with Crippen LogP contribution in [-0.2, 0) is 9.47 Å². The molecule has 3 fully saturated rings. The topological polar surface area (TPSA) is 51.2 Å². The van der Waals surface area contributed by atoms with Crippen molar-refractivity contribution in [2.45, 2.75) is 43.9 Å². The summed E-state index contributed by atoms with van der Waals surface area (Å²) in [6.45, 7) is 4.02. The minimum Gasteiger partial charge on any atom is -0.496 e. The molecule has 2 aliphatic heterocycles. The lowest BCUT2D eigenvalue weighted by atomic mass is 10.1. The van der Waals surface area contributed by atoms with Crippen LogP contribution in [0.25, 0.3) is 0 Å². The Balaban J connectivity index is 1.51. The van der Waals surface area contributed by atoms with Crippen LogP contribution in [-0.4, -0.2) is 74.0 Å². The maximum atomic E-state index is 13.2. The Labute approximate surface area is 161 Å². The third kappa shape index (κ3) is 3.98. The van der Waals surface area contributed by atoms with Gasteiger partial charge in [0.2, 0.25) is 0 Å². The average Bonchev–Trinajstić information content (AvgIpc) is 3.17. The Morgan fingerprint density at radius 2 is 1.85 bits per heavy atom. The van der Waals surface area contributed by atoms with E-state index in [0.29, 0.717) is 43.7 Å². The molecule has 0 bridgehead atoms. The fraction of sp³-hybridized carbons (Fsp3) is 0.667. The van der Waals surface area contributed by atoms with E-state index in [-0.39, 0.29) is 5.91 Å². The molecule has 2 saturated heterocycles. The first-order valence-electron chi connectivity index (χ1n) is 10.1. The van der Waals surface area contributed by atoms with Crippen LogP contribution >= 0.6 is 0 Å². The summed E-state index contributed by atoms with van der Waals surface area (Å²) >= 11 is 0. The summed E-state index contributed by atoms with van der Waals surface area (Å²) in [5.41, 5.74) is 0.596. The molecular formula is C21H30N2O4. The summed E-state index contributed by atoms with van der Waals surface area (Å²) in [6.07, 6.45) is 6.17. The first-order chi connectivity index (χ1) is 13.2. The molecule has 6 heteroatoms. The van der Waals surface area contributed by atoms with Gasteiger partial charge in [-0.25, -0.2) is 0 Å². The minimum atomic E-state index is -0.713. The Bertz CT molecular complexity index is 661. The zero-order valence-corrected chi connectivity index (χ0v) is 16.2. The van der Waals surface area contributed by atoms with Crippen LogP contribution < -0.4 is 4.74 Å². The molecule has 148 valence electrons. The van der Waals surface area contributed by atoms with E-state index >= 15 is 0 Å². The van der Waals surface area contributed by atoms with E-state index in [2.05, 4.69) is 4.90 Å². The molecule has 1 unspecified atom stereocenters. The lowest BCUT2D eigenvalue weighted by Crippen LogP contribution is -2.60. The summed E-state index contributed by atoms with van der Waals surface area (Å²) in [4.78, 5) is 17.5. The summed E-state index contributed by atoms with van der Waals surface area (Å²) in [5.74, 6) is -0.123. The maximum Gasteiger partial charge on any atom is 0.257 e. The second kappa shape index (κ2) is 8.17. The molecule has 1 aliphatic carbocycles. The van der Waals surface area contributed by atoms with E-state index < -0.39 is 5.79 Å². The first kappa shape index (κ1) is 18.7. The fourth-order valence-electron chi connectivity index (χ4n) is 4.65. The van der Waals surface area contributed by atoms with Crippen molar-refractivity contribution in [3.63, 3.8) is 0 Å². The van der Waals surface area contributed by atoms with Crippen molar-refractivity contribution in [1.82, 2.24) is 9.80 Å². The normalized spacial score (nSPS) is 27.7. The number of rotatable bonds is 3. The van der Waals surface area contributed by atoms with Gasteiger partial charge in [0, 0.05) is 19.1 Å². The molecule has 4 rings (SSSR count). The third-order valence-electron chi connectivity index (χ3n) is 6.02. The number of para-hydroxylation sites is 1. The molecular weight excluding hydrogens is 344 g/mol. The Hall–Kier alpha value is -1.63. The Morgan fingerprint density at radius 3 is 2.67 bits per heavy atom. The number of methoxy groups -OCH3 is 1. The standard InChI is InChI=1S/C21H30N2O4/c1-25-19-10-5-4-9-18(19)20(24)23-12-14-27-21(16-23)15-22(11-6-13-26-21)17-7-2-3-8-17/h4-5,9-10,17H,2-3,6-8,11-16H2,1H3. The largest absolute Gasteiger partial charge is 0.496 e. The summed E-state index contributed by atoms with van der Waals surface area (Å²) < 4.78 is 17.7. The lowest BCUT2D eigenvalue weighted by Gasteiger charge is -2.44. The molecule has 0 aromatic heterocycles. The number of ether oxygens (including phenoxy) is 3. The van der Waals surface area contributed by atoms with Crippen LogP contribution in [0.4, 0.5) is 0 Å². The van der Waals surface area contributed by atoms with Gasteiger partial charge in [-0.3, -0.25) is 9.69 Å². The maximum absolute atomic E-state index is 13.2. The van der Waals surface area contributed by atoms with Crippen molar-refractivity contribution in [1.29, 1.82) is 0 Å². The van der Waals surface area contributed by atoms with Crippen molar-refractivity contribution in [2.75, 3.05) is 46.5 Å². The van der Waals surface area contributed by atoms with Gasteiger partial charge in [-0.15, -0.1) is 0 Å². The van der Waals surface area contributed by atoms with Gasteiger partial charge in [0.15, 0.2) is 5.79 Å². The molecule has 6 nitrogen and oxygen atoms in total. The zero-order valence-electron chi connectivity index (χ0n) is 16.2. The SMILES string of the molecule is COc1ccccc1C(=O)N1CCOC2(C1)CN(C1CCCC1)CCCO2. The molecule has 1 spiro atoms. The van der Waals surface area contributed by atoms with E-state index in [0.717, 1.165) is 19.5 Å². The average molecular weight is 374 g/mol. The number of hydrogen-bond acceptors (Lipinski definition) is 5. The zero-order chi connectivity index (χ0) is 18.7. The Kier molecular flexibility index (Phi) is 5.66. The molecule has 2 heterocycles. The van der Waals surface area contributed by atoms with Gasteiger partial charge in [-0.1, -0.05) is 25.0 Å². The van der Waals surface area contributed by atoms with Gasteiger partial charge in [0.25, 0.3) is 5.91 Å². The highest BCUT2D eigenvalue weighted by molar-refractivity contribution is 5.97. The fourth-order valence-corrected chi connectivity index (χ4v) is 4.65. The molecule has 1 saturated carbocycles. The van der Waals surface area contributed by atoms with Crippen molar-refractivity contribution in [3.05, 3.63) is 29.8 Å². The van der Waals surface area contributed by atoms with Crippen molar-refractivity contribution < 1.29 is 19.0 Å². The lowest BCUT2D eigenvalue weighted by molar-refractivity contribution is -0.262. The molecule has 1 aromatic carbocycles. The molecule has 0 radical (unpaired) electrons. The predicted octanol–water partition coefficient (Wildman–Crippen LogP) is 2.53. The number of carbonyl (C=O) groups excluding carboxylic acids is 1. The van der Waals surface area contributed by atoms with Crippen LogP contribution in [0.15, 0.2) is 24.3 Å². The van der Waals surface area contributed by atoms with E-state index in [9.17, 15) is 4.79 Å². The number of morpholine rings is 1. The number of hydrogen-bond donors (Lipinski definition) is 0. The summed E-state index contributed by atoms with van der Waals surface area (Å²) in [6, 6.07) is 8.03. The predicted molar refractivity (Wildman–Crippen MR) is 102 cm³/mol. The van der Waals surface area contributed by atoms with Crippen LogP contribution in [0.1, 0.15) is 42.5 Å². The van der Waals surface area contributed by atoms with Gasteiger partial charge in [0.05, 0.1) is 39.0 Å². The smallest absolute Gasteiger partial charge is 0.257 e. The quantitative estimate of drug-likeness (QED) is 0.814.